The van der Waals surface area contributed by atoms with E-state index in [4.69, 9.17) is 14.6 Å². The maximum atomic E-state index is 12.2. The number of carbonyl (C=O) groups is 3. The summed E-state index contributed by atoms with van der Waals surface area (Å²) in [4.78, 5) is 37.1. The number of carboxylic acid groups (broad SMARTS) is 1. The SMILES string of the molecule is O=C(NCCOCCC(=O)N1CCSC(C(=O)O)C1)OCC1c2ccccc2-c2ccccc21. The number of aliphatic carboxylic acids is 1. The van der Waals surface area contributed by atoms with Gasteiger partial charge in [-0.2, -0.15) is 0 Å². The summed E-state index contributed by atoms with van der Waals surface area (Å²) in [6.45, 7) is 1.77. The number of nitrogens with one attached hydrogen (secondary N) is 1. The Labute approximate surface area is 202 Å². The van der Waals surface area contributed by atoms with Crippen molar-refractivity contribution in [3.8, 4) is 11.1 Å². The van der Waals surface area contributed by atoms with Gasteiger partial charge in [0.1, 0.15) is 11.9 Å². The van der Waals surface area contributed by atoms with Crippen molar-refractivity contribution in [2.45, 2.75) is 17.6 Å². The zero-order valence-electron chi connectivity index (χ0n) is 18.8. The van der Waals surface area contributed by atoms with Gasteiger partial charge >= 0.3 is 12.1 Å². The van der Waals surface area contributed by atoms with Crippen LogP contribution in [0, 0.1) is 0 Å². The lowest BCUT2D eigenvalue weighted by Crippen LogP contribution is -2.44. The van der Waals surface area contributed by atoms with E-state index in [2.05, 4.69) is 29.6 Å². The normalized spacial score (nSPS) is 17.1. The molecular formula is C25H28N2O6S. The number of thioether (sulfide) groups is 1. The fraction of sp³-hybridized carbons (Fsp3) is 0.400. The zero-order chi connectivity index (χ0) is 23.9. The van der Waals surface area contributed by atoms with Crippen LogP contribution in [0.5, 0.6) is 0 Å². The number of benzene rings is 2. The maximum absolute atomic E-state index is 12.2. The summed E-state index contributed by atoms with van der Waals surface area (Å²) < 4.78 is 10.9. The van der Waals surface area contributed by atoms with Gasteiger partial charge in [-0.05, 0) is 22.3 Å². The fourth-order valence-corrected chi connectivity index (χ4v) is 5.36. The van der Waals surface area contributed by atoms with Crippen LogP contribution in [0.1, 0.15) is 23.5 Å². The monoisotopic (exact) mass is 484 g/mol. The van der Waals surface area contributed by atoms with Gasteiger partial charge in [0.2, 0.25) is 5.91 Å². The van der Waals surface area contributed by atoms with E-state index in [9.17, 15) is 14.4 Å². The minimum atomic E-state index is -0.891. The van der Waals surface area contributed by atoms with Gasteiger partial charge in [-0.1, -0.05) is 48.5 Å². The van der Waals surface area contributed by atoms with Crippen molar-refractivity contribution in [3.63, 3.8) is 0 Å². The topological polar surface area (TPSA) is 105 Å². The molecule has 0 aromatic heterocycles. The first kappa shape index (κ1) is 24.1. The number of alkyl carbamates (subject to hydrolysis) is 1. The first-order valence-corrected chi connectivity index (χ1v) is 12.4. The van der Waals surface area contributed by atoms with E-state index >= 15 is 0 Å². The predicted molar refractivity (Wildman–Crippen MR) is 129 cm³/mol. The number of hydrogen-bond donors (Lipinski definition) is 2. The molecule has 2 amide bonds. The van der Waals surface area contributed by atoms with Gasteiger partial charge in [0, 0.05) is 31.3 Å². The molecule has 4 rings (SSSR count). The van der Waals surface area contributed by atoms with Crippen LogP contribution < -0.4 is 5.32 Å². The highest BCUT2D eigenvalue weighted by Gasteiger charge is 2.29. The van der Waals surface area contributed by atoms with Crippen LogP contribution in [0.3, 0.4) is 0 Å². The summed E-state index contributed by atoms with van der Waals surface area (Å²) >= 11 is 1.36. The van der Waals surface area contributed by atoms with Crippen LogP contribution in [-0.2, 0) is 19.1 Å². The molecule has 8 nitrogen and oxygen atoms in total. The van der Waals surface area contributed by atoms with Crippen LogP contribution in [-0.4, -0.2) is 78.4 Å². The molecule has 180 valence electrons. The molecule has 2 aliphatic rings. The highest BCUT2D eigenvalue weighted by atomic mass is 32.2. The van der Waals surface area contributed by atoms with E-state index in [0.29, 0.717) is 12.3 Å². The van der Waals surface area contributed by atoms with Gasteiger partial charge in [-0.3, -0.25) is 9.59 Å². The third-order valence-corrected chi connectivity index (χ3v) is 7.19. The molecule has 34 heavy (non-hydrogen) atoms. The Hall–Kier alpha value is -3.04. The molecule has 1 heterocycles. The van der Waals surface area contributed by atoms with Crippen molar-refractivity contribution in [1.82, 2.24) is 10.2 Å². The number of hydrogen-bond acceptors (Lipinski definition) is 6. The Kier molecular flexibility index (Phi) is 8.08. The van der Waals surface area contributed by atoms with Gasteiger partial charge < -0.3 is 24.8 Å². The van der Waals surface area contributed by atoms with Crippen molar-refractivity contribution in [2.24, 2.45) is 0 Å². The van der Waals surface area contributed by atoms with E-state index < -0.39 is 17.3 Å². The Morgan fingerprint density at radius 2 is 1.71 bits per heavy atom. The minimum absolute atomic E-state index is 0.00863. The summed E-state index contributed by atoms with van der Waals surface area (Å²) in [6, 6.07) is 16.3. The molecule has 1 aliphatic heterocycles. The lowest BCUT2D eigenvalue weighted by atomic mass is 9.98. The Balaban J connectivity index is 1.13. The summed E-state index contributed by atoms with van der Waals surface area (Å²) in [6.07, 6.45) is -0.325. The molecule has 2 aromatic rings. The van der Waals surface area contributed by atoms with Gasteiger partial charge in [0.05, 0.1) is 19.6 Å². The zero-order valence-corrected chi connectivity index (χ0v) is 19.6. The van der Waals surface area contributed by atoms with E-state index in [1.807, 2.05) is 24.3 Å². The number of rotatable bonds is 9. The second-order valence-corrected chi connectivity index (χ2v) is 9.46. The minimum Gasteiger partial charge on any atom is -0.480 e. The summed E-state index contributed by atoms with van der Waals surface area (Å²) in [5.74, 6) is -0.378. The summed E-state index contributed by atoms with van der Waals surface area (Å²) in [7, 11) is 0. The smallest absolute Gasteiger partial charge is 0.407 e. The third-order valence-electron chi connectivity index (χ3n) is 6.01. The van der Waals surface area contributed by atoms with Crippen LogP contribution >= 0.6 is 11.8 Å². The van der Waals surface area contributed by atoms with E-state index in [1.54, 1.807) is 4.90 Å². The molecule has 1 fully saturated rings. The maximum Gasteiger partial charge on any atom is 0.407 e. The summed E-state index contributed by atoms with van der Waals surface area (Å²) in [5, 5.41) is 11.2. The van der Waals surface area contributed by atoms with Crippen molar-refractivity contribution >= 4 is 29.7 Å². The number of carboxylic acids is 1. The molecule has 0 spiro atoms. The molecule has 0 saturated carbocycles. The molecule has 1 unspecified atom stereocenters. The highest BCUT2D eigenvalue weighted by molar-refractivity contribution is 8.00. The quantitative estimate of drug-likeness (QED) is 0.527. The lowest BCUT2D eigenvalue weighted by molar-refractivity contribution is -0.138. The predicted octanol–water partition coefficient (Wildman–Crippen LogP) is 2.96. The molecule has 2 aromatic carbocycles. The highest BCUT2D eigenvalue weighted by Crippen LogP contribution is 2.44. The van der Waals surface area contributed by atoms with Crippen LogP contribution in [0.25, 0.3) is 11.1 Å². The van der Waals surface area contributed by atoms with Gasteiger partial charge in [0.25, 0.3) is 0 Å². The molecular weight excluding hydrogens is 456 g/mol. The van der Waals surface area contributed by atoms with Gasteiger partial charge in [-0.25, -0.2) is 4.79 Å². The summed E-state index contributed by atoms with van der Waals surface area (Å²) in [5.41, 5.74) is 4.67. The van der Waals surface area contributed by atoms with E-state index in [1.165, 1.54) is 22.9 Å². The molecule has 1 atom stereocenters. The van der Waals surface area contributed by atoms with Crippen LogP contribution in [0.2, 0.25) is 0 Å². The largest absolute Gasteiger partial charge is 0.480 e. The number of carbonyl (C=O) groups excluding carboxylic acids is 2. The third kappa shape index (κ3) is 5.71. The first-order chi connectivity index (χ1) is 16.5. The Bertz CT molecular complexity index is 1000. The van der Waals surface area contributed by atoms with Crippen molar-refractivity contribution in [3.05, 3.63) is 59.7 Å². The molecule has 0 radical (unpaired) electrons. The Morgan fingerprint density at radius 1 is 1.03 bits per heavy atom. The molecule has 1 aliphatic carbocycles. The van der Waals surface area contributed by atoms with Crippen LogP contribution in [0.15, 0.2) is 48.5 Å². The number of fused-ring (bicyclic) bond motifs is 3. The number of ether oxygens (including phenoxy) is 2. The van der Waals surface area contributed by atoms with Gasteiger partial charge in [0.15, 0.2) is 0 Å². The average molecular weight is 485 g/mol. The van der Waals surface area contributed by atoms with E-state index in [-0.39, 0.29) is 51.2 Å². The Morgan fingerprint density at radius 3 is 2.38 bits per heavy atom. The van der Waals surface area contributed by atoms with Crippen molar-refractivity contribution < 1.29 is 29.0 Å². The van der Waals surface area contributed by atoms with Gasteiger partial charge in [-0.15, -0.1) is 11.8 Å². The number of nitrogens with zero attached hydrogens (tertiary/aromatic N) is 1. The van der Waals surface area contributed by atoms with E-state index in [0.717, 1.165) is 11.1 Å². The molecule has 1 saturated heterocycles. The molecule has 0 bridgehead atoms. The fourth-order valence-electron chi connectivity index (χ4n) is 4.32. The molecule has 9 heteroatoms. The van der Waals surface area contributed by atoms with Crippen LogP contribution in [0.4, 0.5) is 4.79 Å². The number of amides is 2. The second-order valence-electron chi connectivity index (χ2n) is 8.15. The lowest BCUT2D eigenvalue weighted by Gasteiger charge is -2.30. The second kappa shape index (κ2) is 11.4. The standard InChI is InChI=1S/C25H28N2O6S/c28-23(27-11-14-34-22(15-27)24(29)30)9-12-32-13-10-26-25(31)33-16-21-19-7-3-1-5-17(19)18-6-2-4-8-20(18)21/h1-8,21-22H,9-16H2,(H,26,31)(H,29,30). The van der Waals surface area contributed by atoms with Crippen molar-refractivity contribution in [1.29, 1.82) is 0 Å². The molecule has 2 N–H and O–H groups in total. The first-order valence-electron chi connectivity index (χ1n) is 11.3. The average Bonchev–Trinajstić information content (AvgIpc) is 3.18. The van der Waals surface area contributed by atoms with Crippen molar-refractivity contribution in [2.75, 3.05) is 45.2 Å².